The lowest BCUT2D eigenvalue weighted by Gasteiger charge is -2.22. The van der Waals surface area contributed by atoms with Crippen LogP contribution in [0.5, 0.6) is 0 Å². The van der Waals surface area contributed by atoms with Crippen molar-refractivity contribution in [1.29, 1.82) is 0 Å². The zero-order valence-corrected chi connectivity index (χ0v) is 19.6. The minimum Gasteiger partial charge on any atom is -0.340 e. The van der Waals surface area contributed by atoms with Crippen molar-refractivity contribution in [2.45, 2.75) is 30.7 Å². The number of thioether (sulfide) groups is 1. The number of aryl methyl sites for hydroxylation is 1. The van der Waals surface area contributed by atoms with E-state index in [1.807, 2.05) is 42.2 Å². The Morgan fingerprint density at radius 2 is 2.13 bits per heavy atom. The van der Waals surface area contributed by atoms with E-state index in [1.165, 1.54) is 16.2 Å². The fraction of sp³-hybridized carbons (Fsp3) is 0.261. The van der Waals surface area contributed by atoms with Gasteiger partial charge in [-0.15, -0.1) is 23.1 Å². The van der Waals surface area contributed by atoms with Crippen LogP contribution >= 0.6 is 34.7 Å². The average molecular weight is 469 g/mol. The number of halogens is 1. The number of fused-ring (bicyclic) bond motifs is 1. The van der Waals surface area contributed by atoms with Crippen LogP contribution in [0.2, 0.25) is 5.02 Å². The van der Waals surface area contributed by atoms with Gasteiger partial charge < -0.3 is 9.88 Å². The van der Waals surface area contributed by atoms with Crippen molar-refractivity contribution >= 4 is 51.6 Å². The highest BCUT2D eigenvalue weighted by molar-refractivity contribution is 7.98. The van der Waals surface area contributed by atoms with Crippen molar-refractivity contribution in [3.63, 3.8) is 0 Å². The minimum atomic E-state index is -0.0770. The number of nitrogens with one attached hydrogen (secondary N) is 1. The summed E-state index contributed by atoms with van der Waals surface area (Å²) in [6.07, 6.45) is 3.89. The van der Waals surface area contributed by atoms with E-state index in [1.54, 1.807) is 11.8 Å². The molecule has 0 spiro atoms. The number of H-pyrrole nitrogens is 1. The van der Waals surface area contributed by atoms with Crippen LogP contribution in [0, 0.1) is 6.92 Å². The molecule has 0 aliphatic carbocycles. The fourth-order valence-electron chi connectivity index (χ4n) is 4.12. The summed E-state index contributed by atoms with van der Waals surface area (Å²) in [4.78, 5) is 30.5. The van der Waals surface area contributed by atoms with Gasteiger partial charge in [-0.05, 0) is 61.9 Å². The van der Waals surface area contributed by atoms with E-state index >= 15 is 0 Å². The first-order valence-corrected chi connectivity index (χ1v) is 12.5. The molecule has 2 aromatic heterocycles. The van der Waals surface area contributed by atoms with Gasteiger partial charge in [0, 0.05) is 16.5 Å². The monoisotopic (exact) mass is 468 g/mol. The Hall–Kier alpha value is -2.35. The van der Waals surface area contributed by atoms with Crippen molar-refractivity contribution in [3.8, 4) is 10.4 Å². The van der Waals surface area contributed by atoms with Gasteiger partial charge in [0.25, 0.3) is 5.91 Å². The molecule has 31 heavy (non-hydrogen) atoms. The van der Waals surface area contributed by atoms with Gasteiger partial charge in [0.1, 0.15) is 11.5 Å². The normalized spacial score (nSPS) is 16.4. The summed E-state index contributed by atoms with van der Waals surface area (Å²) in [5.74, 6) is 0.794. The van der Waals surface area contributed by atoms with Crippen molar-refractivity contribution in [2.24, 2.45) is 0 Å². The predicted octanol–water partition coefficient (Wildman–Crippen LogP) is 6.35. The van der Waals surface area contributed by atoms with Gasteiger partial charge in [0.15, 0.2) is 0 Å². The second kappa shape index (κ2) is 8.30. The highest BCUT2D eigenvalue weighted by Crippen LogP contribution is 2.37. The minimum absolute atomic E-state index is 0.0490. The molecule has 1 saturated heterocycles. The molecule has 5 nitrogen and oxygen atoms in total. The second-order valence-corrected chi connectivity index (χ2v) is 10.1. The Labute approximate surface area is 193 Å². The molecule has 1 amide bonds. The van der Waals surface area contributed by atoms with Crippen LogP contribution in [0.4, 0.5) is 0 Å². The van der Waals surface area contributed by atoms with Gasteiger partial charge in [-0.3, -0.25) is 4.79 Å². The molecule has 158 valence electrons. The molecule has 4 aromatic rings. The Bertz CT molecular complexity index is 1280. The molecule has 5 rings (SSSR count). The first-order chi connectivity index (χ1) is 15.0. The summed E-state index contributed by atoms with van der Waals surface area (Å²) in [5, 5.41) is 1.51. The number of aromatic amines is 1. The molecule has 0 radical (unpaired) electrons. The lowest BCUT2D eigenvalue weighted by atomic mass is 10.1. The molecule has 1 aliphatic rings. The molecule has 0 bridgehead atoms. The zero-order chi connectivity index (χ0) is 21.5. The lowest BCUT2D eigenvalue weighted by Crippen LogP contribution is -2.31. The molecular weight excluding hydrogens is 448 g/mol. The highest BCUT2D eigenvalue weighted by atomic mass is 35.5. The molecular formula is C23H21ClN4OS2. The SMILES string of the molecule is CSc1ccc2nc(C3CCCN3C(=O)c3nc(C)sc3-c3cccc(Cl)c3)[nH]c2c1. The molecule has 1 unspecified atom stereocenters. The van der Waals surface area contributed by atoms with E-state index < -0.39 is 0 Å². The van der Waals surface area contributed by atoms with Gasteiger partial charge >= 0.3 is 0 Å². The fourth-order valence-corrected chi connectivity index (χ4v) is 5.66. The van der Waals surface area contributed by atoms with Gasteiger partial charge in [-0.2, -0.15) is 0 Å². The summed E-state index contributed by atoms with van der Waals surface area (Å²) >= 11 is 9.43. The van der Waals surface area contributed by atoms with Crippen LogP contribution in [0.1, 0.15) is 40.2 Å². The van der Waals surface area contributed by atoms with Crippen molar-refractivity contribution in [2.75, 3.05) is 12.8 Å². The Morgan fingerprint density at radius 1 is 1.26 bits per heavy atom. The topological polar surface area (TPSA) is 61.9 Å². The second-order valence-electron chi connectivity index (χ2n) is 7.58. The first kappa shape index (κ1) is 20.5. The molecule has 1 fully saturated rings. The number of thiazole rings is 1. The Kier molecular flexibility index (Phi) is 5.50. The van der Waals surface area contributed by atoms with Crippen LogP contribution < -0.4 is 0 Å². The van der Waals surface area contributed by atoms with E-state index in [-0.39, 0.29) is 11.9 Å². The molecule has 2 aromatic carbocycles. The number of hydrogen-bond acceptors (Lipinski definition) is 5. The van der Waals surface area contributed by atoms with Crippen molar-refractivity contribution in [1.82, 2.24) is 19.9 Å². The predicted molar refractivity (Wildman–Crippen MR) is 128 cm³/mol. The Balaban J connectivity index is 1.50. The first-order valence-electron chi connectivity index (χ1n) is 10.1. The number of amides is 1. The maximum atomic E-state index is 13.6. The van der Waals surface area contributed by atoms with E-state index in [4.69, 9.17) is 16.6 Å². The van der Waals surface area contributed by atoms with E-state index in [0.29, 0.717) is 17.3 Å². The van der Waals surface area contributed by atoms with Crippen molar-refractivity contribution < 1.29 is 4.79 Å². The van der Waals surface area contributed by atoms with Crippen molar-refractivity contribution in [3.05, 3.63) is 64.0 Å². The van der Waals surface area contributed by atoms with Crippen LogP contribution in [0.3, 0.4) is 0 Å². The molecule has 0 saturated carbocycles. The number of nitrogens with zero attached hydrogens (tertiary/aromatic N) is 3. The van der Waals surface area contributed by atoms with Crippen LogP contribution in [-0.2, 0) is 0 Å². The standard InChI is InChI=1S/C23H21ClN4OS2/c1-13-25-20(21(31-13)14-5-3-6-15(24)11-14)23(29)28-10-4-7-19(28)22-26-17-9-8-16(30-2)12-18(17)27-22/h3,5-6,8-9,11-12,19H,4,7,10H2,1-2H3,(H,26,27). The van der Waals surface area contributed by atoms with Crippen LogP contribution in [0.25, 0.3) is 21.5 Å². The third kappa shape index (κ3) is 3.86. The van der Waals surface area contributed by atoms with Crippen LogP contribution in [0.15, 0.2) is 47.4 Å². The van der Waals surface area contributed by atoms with E-state index in [0.717, 1.165) is 45.1 Å². The number of benzene rings is 2. The maximum absolute atomic E-state index is 13.6. The maximum Gasteiger partial charge on any atom is 0.274 e. The number of hydrogen-bond donors (Lipinski definition) is 1. The summed E-state index contributed by atoms with van der Waals surface area (Å²) in [6.45, 7) is 2.63. The summed E-state index contributed by atoms with van der Waals surface area (Å²) < 4.78 is 0. The van der Waals surface area contributed by atoms with E-state index in [2.05, 4.69) is 28.4 Å². The molecule has 8 heteroatoms. The third-order valence-corrected chi connectivity index (χ3v) is 7.54. The molecule has 1 atom stereocenters. The van der Waals surface area contributed by atoms with Gasteiger partial charge in [0.2, 0.25) is 0 Å². The molecule has 1 aliphatic heterocycles. The average Bonchev–Trinajstić information content (AvgIpc) is 3.49. The van der Waals surface area contributed by atoms with Gasteiger partial charge in [-0.25, -0.2) is 9.97 Å². The smallest absolute Gasteiger partial charge is 0.274 e. The number of likely N-dealkylation sites (tertiary alicyclic amines) is 1. The summed E-state index contributed by atoms with van der Waals surface area (Å²) in [7, 11) is 0. The number of carbonyl (C=O) groups is 1. The number of aromatic nitrogens is 3. The highest BCUT2D eigenvalue weighted by Gasteiger charge is 2.35. The Morgan fingerprint density at radius 3 is 2.94 bits per heavy atom. The number of carbonyl (C=O) groups excluding carboxylic acids is 1. The van der Waals surface area contributed by atoms with Crippen LogP contribution in [-0.4, -0.2) is 38.6 Å². The number of imidazole rings is 1. The summed E-state index contributed by atoms with van der Waals surface area (Å²) in [6, 6.07) is 13.7. The zero-order valence-electron chi connectivity index (χ0n) is 17.2. The summed E-state index contributed by atoms with van der Waals surface area (Å²) in [5.41, 5.74) is 3.35. The quantitative estimate of drug-likeness (QED) is 0.354. The molecule has 1 N–H and O–H groups in total. The lowest BCUT2D eigenvalue weighted by molar-refractivity contribution is 0.0726. The van der Waals surface area contributed by atoms with E-state index in [9.17, 15) is 4.79 Å². The largest absolute Gasteiger partial charge is 0.340 e. The van der Waals surface area contributed by atoms with Gasteiger partial charge in [0.05, 0.1) is 27.0 Å². The molecule has 3 heterocycles. The third-order valence-electron chi connectivity index (χ3n) is 5.56. The number of rotatable bonds is 4. The van der Waals surface area contributed by atoms with Gasteiger partial charge in [-0.1, -0.05) is 23.7 Å².